The number of nitrogens with zero attached hydrogens (tertiary/aromatic N) is 4. The molecule has 8 nitrogen and oxygen atoms in total. The maximum Gasteiger partial charge on any atom is 0.231 e. The van der Waals surface area contributed by atoms with Crippen LogP contribution in [0.1, 0.15) is 35.6 Å². The number of hydrogen-bond acceptors (Lipinski definition) is 6. The Bertz CT molecular complexity index is 1440. The van der Waals surface area contributed by atoms with E-state index in [1.807, 2.05) is 29.2 Å². The Morgan fingerprint density at radius 3 is 2.75 bits per heavy atom. The summed E-state index contributed by atoms with van der Waals surface area (Å²) in [5.41, 5.74) is 19.4. The van der Waals surface area contributed by atoms with Crippen LogP contribution in [-0.2, 0) is 24.2 Å². The second kappa shape index (κ2) is 9.37. The lowest BCUT2D eigenvalue weighted by molar-refractivity contribution is -0.117. The van der Waals surface area contributed by atoms with Crippen molar-refractivity contribution in [3.8, 4) is 11.1 Å². The molecule has 0 saturated carbocycles. The smallest absolute Gasteiger partial charge is 0.231 e. The highest BCUT2D eigenvalue weighted by Gasteiger charge is 2.27. The van der Waals surface area contributed by atoms with Gasteiger partial charge in [-0.3, -0.25) is 4.79 Å². The van der Waals surface area contributed by atoms with Gasteiger partial charge in [-0.25, -0.2) is 9.97 Å². The lowest BCUT2D eigenvalue weighted by Gasteiger charge is -2.24. The van der Waals surface area contributed by atoms with Crippen molar-refractivity contribution >= 4 is 28.4 Å². The molecule has 0 bridgehead atoms. The monoisotopic (exact) mass is 481 g/mol. The Balaban J connectivity index is 1.32. The van der Waals surface area contributed by atoms with Gasteiger partial charge in [-0.15, -0.1) is 0 Å². The summed E-state index contributed by atoms with van der Waals surface area (Å²) < 4.78 is 2.28. The molecule has 2 aromatic heterocycles. The maximum absolute atomic E-state index is 13.2. The zero-order chi connectivity index (χ0) is 24.6. The molecule has 1 amide bonds. The van der Waals surface area contributed by atoms with E-state index in [-0.39, 0.29) is 5.91 Å². The third kappa shape index (κ3) is 4.02. The minimum absolute atomic E-state index is 0.107. The SMILES string of the molecule is NCc1cccc(CC(=O)N2CCc3cc(-c4cn(C5CCNCC5)c5ncnc(N)c45)ccc32)c1. The van der Waals surface area contributed by atoms with E-state index >= 15 is 0 Å². The van der Waals surface area contributed by atoms with Gasteiger partial charge in [0.15, 0.2) is 0 Å². The van der Waals surface area contributed by atoms with Crippen molar-refractivity contribution in [3.05, 3.63) is 71.7 Å². The molecule has 0 spiro atoms. The minimum atomic E-state index is 0.107. The molecular weight excluding hydrogens is 450 g/mol. The first-order valence-electron chi connectivity index (χ1n) is 12.7. The molecule has 36 heavy (non-hydrogen) atoms. The fraction of sp³-hybridized carbons (Fsp3) is 0.321. The van der Waals surface area contributed by atoms with Gasteiger partial charge in [0.05, 0.1) is 11.8 Å². The topological polar surface area (TPSA) is 115 Å². The third-order valence-electron chi connectivity index (χ3n) is 7.51. The van der Waals surface area contributed by atoms with E-state index in [0.717, 1.165) is 71.3 Å². The van der Waals surface area contributed by atoms with Crippen molar-refractivity contribution < 1.29 is 4.79 Å². The Morgan fingerprint density at radius 2 is 1.92 bits per heavy atom. The van der Waals surface area contributed by atoms with Gasteiger partial charge in [-0.05, 0) is 66.7 Å². The van der Waals surface area contributed by atoms with Crippen LogP contribution in [0.5, 0.6) is 0 Å². The highest BCUT2D eigenvalue weighted by atomic mass is 16.2. The second-order valence-electron chi connectivity index (χ2n) is 9.73. The number of anilines is 2. The number of benzene rings is 2. The quantitative estimate of drug-likeness (QED) is 0.403. The first kappa shape index (κ1) is 22.7. The average molecular weight is 482 g/mol. The number of rotatable bonds is 5. The second-order valence-corrected chi connectivity index (χ2v) is 9.73. The minimum Gasteiger partial charge on any atom is -0.383 e. The van der Waals surface area contributed by atoms with E-state index in [9.17, 15) is 4.79 Å². The van der Waals surface area contributed by atoms with E-state index in [0.29, 0.717) is 31.4 Å². The standard InChI is InChI=1S/C28H31N7O/c29-15-19-3-1-2-18(12-19)13-25(36)34-11-8-21-14-20(4-5-24(21)34)23-16-35(22-6-9-31-10-7-22)28-26(23)27(30)32-17-33-28/h1-5,12,14,16-17,22,31H,6-11,13,15,29H2,(H2,30,32,33). The van der Waals surface area contributed by atoms with Gasteiger partial charge in [0.2, 0.25) is 5.91 Å². The number of piperidine rings is 1. The Morgan fingerprint density at radius 1 is 1.08 bits per heavy atom. The van der Waals surface area contributed by atoms with Crippen molar-refractivity contribution in [2.75, 3.05) is 30.3 Å². The van der Waals surface area contributed by atoms with E-state index in [2.05, 4.69) is 44.2 Å². The largest absolute Gasteiger partial charge is 0.383 e. The van der Waals surface area contributed by atoms with E-state index in [4.69, 9.17) is 11.5 Å². The van der Waals surface area contributed by atoms with E-state index in [1.165, 1.54) is 5.56 Å². The lowest BCUT2D eigenvalue weighted by atomic mass is 10.0. The van der Waals surface area contributed by atoms with Crippen LogP contribution >= 0.6 is 0 Å². The van der Waals surface area contributed by atoms with Gasteiger partial charge in [0.1, 0.15) is 17.8 Å². The van der Waals surface area contributed by atoms with Gasteiger partial charge < -0.3 is 26.3 Å². The van der Waals surface area contributed by atoms with Crippen molar-refractivity contribution in [2.45, 2.75) is 38.3 Å². The number of nitrogens with one attached hydrogen (secondary N) is 1. The van der Waals surface area contributed by atoms with Crippen LogP contribution in [0.25, 0.3) is 22.2 Å². The highest BCUT2D eigenvalue weighted by Crippen LogP contribution is 2.39. The maximum atomic E-state index is 13.2. The summed E-state index contributed by atoms with van der Waals surface area (Å²) in [7, 11) is 0. The van der Waals surface area contributed by atoms with Gasteiger partial charge >= 0.3 is 0 Å². The average Bonchev–Trinajstić information content (AvgIpc) is 3.52. The molecule has 0 atom stereocenters. The van der Waals surface area contributed by atoms with Crippen LogP contribution < -0.4 is 21.7 Å². The van der Waals surface area contributed by atoms with E-state index in [1.54, 1.807) is 6.33 Å². The summed E-state index contributed by atoms with van der Waals surface area (Å²) in [6.45, 7) is 3.16. The van der Waals surface area contributed by atoms with Crippen LogP contribution in [0.3, 0.4) is 0 Å². The van der Waals surface area contributed by atoms with Crippen LogP contribution in [0.4, 0.5) is 11.5 Å². The summed E-state index contributed by atoms with van der Waals surface area (Å²) in [5, 5.41) is 4.34. The van der Waals surface area contributed by atoms with Crippen LogP contribution in [0.2, 0.25) is 0 Å². The van der Waals surface area contributed by atoms with E-state index < -0.39 is 0 Å². The molecule has 4 heterocycles. The number of fused-ring (bicyclic) bond motifs is 2. The van der Waals surface area contributed by atoms with Crippen molar-refractivity contribution in [3.63, 3.8) is 0 Å². The molecule has 1 saturated heterocycles. The highest BCUT2D eigenvalue weighted by molar-refractivity contribution is 6.02. The number of nitrogen functional groups attached to an aromatic ring is 1. The lowest BCUT2D eigenvalue weighted by Crippen LogP contribution is -2.30. The van der Waals surface area contributed by atoms with Crippen LogP contribution in [0, 0.1) is 0 Å². The predicted octanol–water partition coefficient (Wildman–Crippen LogP) is 3.20. The van der Waals surface area contributed by atoms with Crippen molar-refractivity contribution in [1.82, 2.24) is 19.9 Å². The van der Waals surface area contributed by atoms with Gasteiger partial charge in [0.25, 0.3) is 0 Å². The Hall–Kier alpha value is -3.75. The van der Waals surface area contributed by atoms with Crippen LogP contribution in [-0.4, -0.2) is 40.1 Å². The summed E-state index contributed by atoms with van der Waals surface area (Å²) in [6, 6.07) is 14.7. The normalized spacial score (nSPS) is 16.0. The summed E-state index contributed by atoms with van der Waals surface area (Å²) in [5.74, 6) is 0.607. The van der Waals surface area contributed by atoms with Gasteiger partial charge in [-0.1, -0.05) is 30.3 Å². The summed E-state index contributed by atoms with van der Waals surface area (Å²) >= 11 is 0. The number of aromatic nitrogens is 3. The predicted molar refractivity (Wildman–Crippen MR) is 143 cm³/mol. The molecule has 5 N–H and O–H groups in total. The molecule has 184 valence electrons. The molecule has 2 aliphatic heterocycles. The molecule has 2 aromatic carbocycles. The number of nitrogens with two attached hydrogens (primary N) is 2. The fourth-order valence-electron chi connectivity index (χ4n) is 5.66. The van der Waals surface area contributed by atoms with Gasteiger partial charge in [0, 0.05) is 36.6 Å². The van der Waals surface area contributed by atoms with Crippen molar-refractivity contribution in [1.29, 1.82) is 0 Å². The fourth-order valence-corrected chi connectivity index (χ4v) is 5.66. The van der Waals surface area contributed by atoms with Crippen LogP contribution in [0.15, 0.2) is 55.0 Å². The first-order valence-corrected chi connectivity index (χ1v) is 12.7. The zero-order valence-corrected chi connectivity index (χ0v) is 20.3. The molecule has 4 aromatic rings. The summed E-state index contributed by atoms with van der Waals surface area (Å²) in [6.07, 6.45) is 7.05. The molecule has 8 heteroatoms. The number of amides is 1. The Kier molecular flexibility index (Phi) is 5.91. The molecule has 0 unspecified atom stereocenters. The molecule has 0 aliphatic carbocycles. The third-order valence-corrected chi connectivity index (χ3v) is 7.51. The molecule has 0 radical (unpaired) electrons. The first-order chi connectivity index (χ1) is 17.6. The number of carbonyl (C=O) groups excluding carboxylic acids is 1. The molecule has 1 fully saturated rings. The summed E-state index contributed by atoms with van der Waals surface area (Å²) in [4.78, 5) is 24.0. The molecule has 2 aliphatic rings. The zero-order valence-electron chi connectivity index (χ0n) is 20.3. The molecular formula is C28H31N7O. The number of hydrogen-bond donors (Lipinski definition) is 3. The van der Waals surface area contributed by atoms with Gasteiger partial charge in [-0.2, -0.15) is 0 Å². The Labute approximate surface area is 210 Å². The molecule has 6 rings (SSSR count). The van der Waals surface area contributed by atoms with Crippen molar-refractivity contribution in [2.24, 2.45) is 5.73 Å². The number of carbonyl (C=O) groups is 1.